The summed E-state index contributed by atoms with van der Waals surface area (Å²) in [6.45, 7) is 5.37. The Hall–Kier alpha value is -1.60. The molecule has 1 aromatic carbocycles. The van der Waals surface area contributed by atoms with Crippen molar-refractivity contribution >= 4 is 21.7 Å². The number of rotatable bonds is 4. The minimum absolute atomic E-state index is 0.629. The van der Waals surface area contributed by atoms with Crippen LogP contribution in [0.5, 0.6) is 0 Å². The molecule has 7 heteroatoms. The van der Waals surface area contributed by atoms with Crippen molar-refractivity contribution in [3.8, 4) is 0 Å². The Kier molecular flexibility index (Phi) is 5.40. The fourth-order valence-corrected chi connectivity index (χ4v) is 5.99. The van der Waals surface area contributed by atoms with Gasteiger partial charge in [0.05, 0.1) is 0 Å². The van der Waals surface area contributed by atoms with Gasteiger partial charge < -0.3 is 5.32 Å². The molecule has 0 spiro atoms. The van der Waals surface area contributed by atoms with Crippen molar-refractivity contribution in [1.82, 2.24) is 9.62 Å². The molecule has 2 aliphatic carbocycles. The number of benzene rings is 1. The summed E-state index contributed by atoms with van der Waals surface area (Å²) in [5, 5.41) is 2.21. The van der Waals surface area contributed by atoms with Crippen LogP contribution in [0.4, 0.5) is 10.5 Å². The molecule has 1 unspecified atom stereocenters. The Labute approximate surface area is 168 Å². The molecular weight excluding hydrogens is 374 g/mol. The highest BCUT2D eigenvalue weighted by Gasteiger charge is 2.32. The monoisotopic (exact) mass is 405 g/mol. The predicted molar refractivity (Wildman–Crippen MR) is 111 cm³/mol. The van der Waals surface area contributed by atoms with Gasteiger partial charge in [-0.25, -0.2) is 17.9 Å². The number of aryl methyl sites for hydroxylation is 2. The molecule has 2 N–H and O–H groups in total. The zero-order chi connectivity index (χ0) is 19.9. The minimum atomic E-state index is -3.76. The van der Waals surface area contributed by atoms with Gasteiger partial charge in [-0.15, -0.1) is 0 Å². The number of nitrogens with zero attached hydrogens (tertiary/aromatic N) is 1. The summed E-state index contributed by atoms with van der Waals surface area (Å²) >= 11 is 0. The van der Waals surface area contributed by atoms with E-state index >= 15 is 0 Å². The molecule has 1 fully saturated rings. The molecule has 28 heavy (non-hydrogen) atoms. The van der Waals surface area contributed by atoms with Gasteiger partial charge in [-0.2, -0.15) is 0 Å². The maximum absolute atomic E-state index is 12.8. The van der Waals surface area contributed by atoms with Crippen LogP contribution in [0.25, 0.3) is 0 Å². The Morgan fingerprint density at radius 1 is 1.07 bits per heavy atom. The fraction of sp³-hybridized carbons (Fsp3) is 0.667. The smallest absolute Gasteiger partial charge is 0.307 e. The molecule has 0 aromatic heterocycles. The highest BCUT2D eigenvalue weighted by Crippen LogP contribution is 2.38. The van der Waals surface area contributed by atoms with Crippen molar-refractivity contribution in [1.29, 1.82) is 0 Å². The zero-order valence-corrected chi connectivity index (χ0v) is 17.7. The van der Waals surface area contributed by atoms with Gasteiger partial charge >= 0.3 is 6.03 Å². The van der Waals surface area contributed by atoms with Gasteiger partial charge in [0, 0.05) is 5.69 Å². The van der Waals surface area contributed by atoms with Gasteiger partial charge in [0.15, 0.2) is 0 Å². The molecular formula is C21H31N3O3S. The molecule has 1 aliphatic heterocycles. The van der Waals surface area contributed by atoms with Crippen molar-refractivity contribution in [3.63, 3.8) is 0 Å². The van der Waals surface area contributed by atoms with Crippen LogP contribution in [0.1, 0.15) is 61.8 Å². The van der Waals surface area contributed by atoms with E-state index in [0.29, 0.717) is 5.92 Å². The number of sulfonamides is 1. The lowest BCUT2D eigenvalue weighted by Crippen LogP contribution is -2.49. The van der Waals surface area contributed by atoms with E-state index in [1.165, 1.54) is 22.3 Å². The van der Waals surface area contributed by atoms with Crippen molar-refractivity contribution in [3.05, 3.63) is 28.3 Å². The first-order chi connectivity index (χ1) is 13.3. The van der Waals surface area contributed by atoms with Gasteiger partial charge in [0.2, 0.25) is 0 Å². The summed E-state index contributed by atoms with van der Waals surface area (Å²) in [4.78, 5) is 14.6. The van der Waals surface area contributed by atoms with E-state index in [2.05, 4.69) is 23.0 Å². The summed E-state index contributed by atoms with van der Waals surface area (Å²) in [5.74, 6) is 0.629. The molecule has 1 aromatic rings. The third-order valence-corrected chi connectivity index (χ3v) is 8.39. The maximum Gasteiger partial charge on any atom is 0.332 e. The third kappa shape index (κ3) is 3.79. The number of piperidine rings is 1. The molecule has 1 heterocycles. The topological polar surface area (TPSA) is 78.5 Å². The van der Waals surface area contributed by atoms with Gasteiger partial charge in [0.1, 0.15) is 5.37 Å². The maximum atomic E-state index is 12.8. The predicted octanol–water partition coefficient (Wildman–Crippen LogP) is 3.19. The van der Waals surface area contributed by atoms with Crippen LogP contribution in [0, 0.1) is 5.92 Å². The number of fused-ring (bicyclic) bond motifs is 2. The highest BCUT2D eigenvalue weighted by molar-refractivity contribution is 7.90. The number of hydrogen-bond donors (Lipinski definition) is 2. The number of carbonyl (C=O) groups is 1. The number of anilines is 1. The van der Waals surface area contributed by atoms with Crippen molar-refractivity contribution < 1.29 is 13.2 Å². The molecule has 4 rings (SSSR count). The number of amides is 2. The third-order valence-electron chi connectivity index (χ3n) is 6.73. The Balaban J connectivity index is 1.48. The van der Waals surface area contributed by atoms with Crippen LogP contribution in [-0.4, -0.2) is 37.8 Å². The quantitative estimate of drug-likeness (QED) is 0.806. The largest absolute Gasteiger partial charge is 0.332 e. The van der Waals surface area contributed by atoms with Crippen LogP contribution >= 0.6 is 0 Å². The molecule has 1 atom stereocenters. The summed E-state index contributed by atoms with van der Waals surface area (Å²) in [6.07, 6.45) is 8.17. The number of hydrogen-bond acceptors (Lipinski definition) is 4. The molecule has 0 bridgehead atoms. The lowest BCUT2D eigenvalue weighted by atomic mass is 9.99. The lowest BCUT2D eigenvalue weighted by molar-refractivity contribution is 0.181. The molecule has 0 saturated carbocycles. The first kappa shape index (κ1) is 19.7. The van der Waals surface area contributed by atoms with E-state index in [4.69, 9.17) is 0 Å². The van der Waals surface area contributed by atoms with E-state index < -0.39 is 21.4 Å². The van der Waals surface area contributed by atoms with E-state index in [1.54, 1.807) is 6.92 Å². The van der Waals surface area contributed by atoms with Crippen LogP contribution in [-0.2, 0) is 35.7 Å². The highest BCUT2D eigenvalue weighted by atomic mass is 32.2. The van der Waals surface area contributed by atoms with Gasteiger partial charge in [-0.3, -0.25) is 4.90 Å². The Morgan fingerprint density at radius 2 is 1.64 bits per heavy atom. The van der Waals surface area contributed by atoms with Gasteiger partial charge in [0.25, 0.3) is 10.0 Å². The second-order valence-electron chi connectivity index (χ2n) is 8.65. The minimum Gasteiger partial charge on any atom is -0.307 e. The first-order valence-electron chi connectivity index (χ1n) is 10.6. The Morgan fingerprint density at radius 3 is 2.21 bits per heavy atom. The SMILES string of the molecule is CC1CCN(C(C)S(=O)(=O)NC(=O)Nc2c3c(cc4c2CCC4)CCC3)CC1. The van der Waals surface area contributed by atoms with Crippen molar-refractivity contribution in [2.24, 2.45) is 5.92 Å². The van der Waals surface area contributed by atoms with E-state index in [1.807, 2.05) is 4.90 Å². The zero-order valence-electron chi connectivity index (χ0n) is 16.9. The molecule has 3 aliphatic rings. The lowest BCUT2D eigenvalue weighted by Gasteiger charge is -2.34. The second-order valence-corrected chi connectivity index (χ2v) is 10.6. The van der Waals surface area contributed by atoms with Gasteiger partial charge in [-0.1, -0.05) is 13.0 Å². The molecule has 2 amide bonds. The summed E-state index contributed by atoms with van der Waals surface area (Å²) in [7, 11) is -3.76. The summed E-state index contributed by atoms with van der Waals surface area (Å²) in [6, 6.07) is 1.66. The van der Waals surface area contributed by atoms with E-state index in [9.17, 15) is 13.2 Å². The number of carbonyl (C=O) groups excluding carboxylic acids is 1. The number of urea groups is 1. The normalized spacial score (nSPS) is 21.2. The average Bonchev–Trinajstić information content (AvgIpc) is 3.30. The summed E-state index contributed by atoms with van der Waals surface area (Å²) in [5.41, 5.74) is 5.90. The molecule has 154 valence electrons. The second kappa shape index (κ2) is 7.67. The molecule has 6 nitrogen and oxygen atoms in total. The Bertz CT molecular complexity index is 841. The fourth-order valence-electron chi connectivity index (χ4n) is 4.91. The average molecular weight is 406 g/mol. The summed E-state index contributed by atoms with van der Waals surface area (Å²) < 4.78 is 27.8. The van der Waals surface area contributed by atoms with Crippen molar-refractivity contribution in [2.75, 3.05) is 18.4 Å². The first-order valence-corrected chi connectivity index (χ1v) is 12.1. The van der Waals surface area contributed by atoms with Crippen LogP contribution in [0.2, 0.25) is 0 Å². The number of nitrogens with one attached hydrogen (secondary N) is 2. The van der Waals surface area contributed by atoms with E-state index in [0.717, 1.165) is 70.1 Å². The van der Waals surface area contributed by atoms with Gasteiger partial charge in [-0.05, 0) is 99.6 Å². The molecule has 1 saturated heterocycles. The molecule has 0 radical (unpaired) electrons. The standard InChI is InChI=1S/C21H31N3O3S/c1-14-9-11-24(12-10-14)15(2)28(26,27)23-21(25)22-20-18-7-3-5-16(18)13-17-6-4-8-19(17)20/h13-15H,3-12H2,1-2H3,(H2,22,23,25). The van der Waals surface area contributed by atoms with E-state index in [-0.39, 0.29) is 0 Å². The van der Waals surface area contributed by atoms with Crippen molar-refractivity contribution in [2.45, 2.75) is 70.6 Å². The van der Waals surface area contributed by atoms with Crippen LogP contribution in [0.15, 0.2) is 6.07 Å². The number of likely N-dealkylation sites (tertiary alicyclic amines) is 1. The van der Waals surface area contributed by atoms with Crippen LogP contribution < -0.4 is 10.0 Å². The van der Waals surface area contributed by atoms with Crippen LogP contribution in [0.3, 0.4) is 0 Å².